The molecule has 0 atom stereocenters. The summed E-state index contributed by atoms with van der Waals surface area (Å²) in [6.07, 6.45) is 0. The van der Waals surface area contributed by atoms with E-state index < -0.39 is 0 Å². The van der Waals surface area contributed by atoms with Gasteiger partial charge in [0.25, 0.3) is 0 Å². The molecule has 0 unspecified atom stereocenters. The monoisotopic (exact) mass is 290 g/mol. The van der Waals surface area contributed by atoms with Crippen molar-refractivity contribution in [2.75, 3.05) is 11.9 Å². The summed E-state index contributed by atoms with van der Waals surface area (Å²) in [6.45, 7) is 0.629. The minimum Gasteiger partial charge on any atom is -0.452 e. The van der Waals surface area contributed by atoms with Gasteiger partial charge in [0.2, 0.25) is 0 Å². The lowest BCUT2D eigenvalue weighted by Gasteiger charge is -2.18. The molecule has 0 saturated carbocycles. The molecule has 1 aromatic heterocycles. The highest BCUT2D eigenvalue weighted by Gasteiger charge is 2.09. The van der Waals surface area contributed by atoms with Crippen LogP contribution in [-0.2, 0) is 6.54 Å². The first kappa shape index (κ1) is 11.7. The maximum absolute atomic E-state index is 9.03. The molecule has 3 nitrogen and oxygen atoms in total. The molecule has 0 aliphatic heterocycles. The molecule has 0 N–H and O–H groups in total. The molecular formula is C13H11BrN2O. The van der Waals surface area contributed by atoms with Crippen LogP contribution < -0.4 is 4.90 Å². The normalized spacial score (nSPS) is 9.94. The molecule has 1 heterocycles. The van der Waals surface area contributed by atoms with Gasteiger partial charge in [0.1, 0.15) is 11.8 Å². The first-order valence-corrected chi connectivity index (χ1v) is 5.94. The SMILES string of the molecule is CN(Cc1ccc(Br)o1)c1ccccc1C#N. The Morgan fingerprint density at radius 1 is 1.29 bits per heavy atom. The number of hydrogen-bond donors (Lipinski definition) is 0. The summed E-state index contributed by atoms with van der Waals surface area (Å²) in [6, 6.07) is 13.5. The van der Waals surface area contributed by atoms with Gasteiger partial charge in [-0.25, -0.2) is 0 Å². The Kier molecular flexibility index (Phi) is 3.50. The number of nitriles is 1. The highest BCUT2D eigenvalue weighted by atomic mass is 79.9. The third kappa shape index (κ3) is 2.69. The van der Waals surface area contributed by atoms with E-state index in [-0.39, 0.29) is 0 Å². The van der Waals surface area contributed by atoms with Gasteiger partial charge in [0.15, 0.2) is 4.67 Å². The number of para-hydroxylation sites is 1. The van der Waals surface area contributed by atoms with Gasteiger partial charge in [-0.2, -0.15) is 5.26 Å². The second-order valence-electron chi connectivity index (χ2n) is 3.69. The number of nitrogens with zero attached hydrogens (tertiary/aromatic N) is 2. The molecule has 2 aromatic rings. The van der Waals surface area contributed by atoms with Crippen molar-refractivity contribution < 1.29 is 4.42 Å². The molecular weight excluding hydrogens is 280 g/mol. The van der Waals surface area contributed by atoms with E-state index in [0.717, 1.165) is 16.1 Å². The van der Waals surface area contributed by atoms with E-state index in [0.29, 0.717) is 12.1 Å². The first-order chi connectivity index (χ1) is 8.20. The van der Waals surface area contributed by atoms with Crippen LogP contribution in [0.25, 0.3) is 0 Å². The zero-order valence-electron chi connectivity index (χ0n) is 9.35. The van der Waals surface area contributed by atoms with Crippen molar-refractivity contribution in [2.45, 2.75) is 6.54 Å². The maximum Gasteiger partial charge on any atom is 0.169 e. The summed E-state index contributed by atoms with van der Waals surface area (Å²) >= 11 is 3.27. The Morgan fingerprint density at radius 3 is 2.71 bits per heavy atom. The Labute approximate surface area is 108 Å². The van der Waals surface area contributed by atoms with E-state index in [1.54, 1.807) is 0 Å². The average molecular weight is 291 g/mol. The van der Waals surface area contributed by atoms with Gasteiger partial charge in [-0.3, -0.25) is 0 Å². The smallest absolute Gasteiger partial charge is 0.169 e. The zero-order chi connectivity index (χ0) is 12.3. The van der Waals surface area contributed by atoms with Crippen LogP contribution >= 0.6 is 15.9 Å². The predicted molar refractivity (Wildman–Crippen MR) is 69.7 cm³/mol. The van der Waals surface area contributed by atoms with E-state index in [2.05, 4.69) is 22.0 Å². The molecule has 0 fully saturated rings. The fourth-order valence-electron chi connectivity index (χ4n) is 1.66. The van der Waals surface area contributed by atoms with Crippen LogP contribution in [0.1, 0.15) is 11.3 Å². The number of benzene rings is 1. The molecule has 2 rings (SSSR count). The van der Waals surface area contributed by atoms with Crippen molar-refractivity contribution in [3.63, 3.8) is 0 Å². The molecule has 0 bridgehead atoms. The minimum absolute atomic E-state index is 0.629. The second-order valence-corrected chi connectivity index (χ2v) is 4.47. The fraction of sp³-hybridized carbons (Fsp3) is 0.154. The number of anilines is 1. The molecule has 0 radical (unpaired) electrons. The van der Waals surface area contributed by atoms with Gasteiger partial charge in [0.05, 0.1) is 17.8 Å². The summed E-state index contributed by atoms with van der Waals surface area (Å²) in [4.78, 5) is 1.99. The quantitative estimate of drug-likeness (QED) is 0.868. The Morgan fingerprint density at radius 2 is 2.06 bits per heavy atom. The Hall–Kier alpha value is -1.73. The number of halogens is 1. The molecule has 0 saturated heterocycles. The summed E-state index contributed by atoms with van der Waals surface area (Å²) in [7, 11) is 1.94. The van der Waals surface area contributed by atoms with Crippen molar-refractivity contribution in [3.05, 3.63) is 52.4 Å². The van der Waals surface area contributed by atoms with Gasteiger partial charge >= 0.3 is 0 Å². The van der Waals surface area contributed by atoms with Crippen LogP contribution in [0.5, 0.6) is 0 Å². The lowest BCUT2D eigenvalue weighted by molar-refractivity contribution is 0.486. The molecule has 0 aliphatic rings. The standard InChI is InChI=1S/C13H11BrN2O/c1-16(9-11-6-7-13(14)17-11)12-5-3-2-4-10(12)8-15/h2-7H,9H2,1H3. The molecule has 1 aromatic carbocycles. The third-order valence-electron chi connectivity index (χ3n) is 2.46. The van der Waals surface area contributed by atoms with Crippen LogP contribution in [0.4, 0.5) is 5.69 Å². The fourth-order valence-corrected chi connectivity index (χ4v) is 2.00. The predicted octanol–water partition coefficient (Wildman–Crippen LogP) is 3.55. The van der Waals surface area contributed by atoms with Gasteiger partial charge in [0, 0.05) is 7.05 Å². The van der Waals surface area contributed by atoms with Crippen molar-refractivity contribution >= 4 is 21.6 Å². The summed E-state index contributed by atoms with van der Waals surface area (Å²) in [5, 5.41) is 9.03. The second kappa shape index (κ2) is 5.07. The van der Waals surface area contributed by atoms with Crippen molar-refractivity contribution in [2.24, 2.45) is 0 Å². The summed E-state index contributed by atoms with van der Waals surface area (Å²) in [5.74, 6) is 0.854. The van der Waals surface area contributed by atoms with E-state index in [9.17, 15) is 0 Å². The molecule has 0 amide bonds. The van der Waals surface area contributed by atoms with Crippen molar-refractivity contribution in [1.82, 2.24) is 0 Å². The third-order valence-corrected chi connectivity index (χ3v) is 2.88. The van der Waals surface area contributed by atoms with Crippen molar-refractivity contribution in [1.29, 1.82) is 5.26 Å². The molecule has 4 heteroatoms. The van der Waals surface area contributed by atoms with Crippen LogP contribution in [-0.4, -0.2) is 7.05 Å². The lowest BCUT2D eigenvalue weighted by atomic mass is 10.2. The highest BCUT2D eigenvalue weighted by molar-refractivity contribution is 9.10. The van der Waals surface area contributed by atoms with E-state index >= 15 is 0 Å². The summed E-state index contributed by atoms with van der Waals surface area (Å²) < 4.78 is 6.16. The molecule has 86 valence electrons. The number of rotatable bonds is 3. The lowest BCUT2D eigenvalue weighted by Crippen LogP contribution is -2.16. The van der Waals surface area contributed by atoms with Gasteiger partial charge in [-0.1, -0.05) is 12.1 Å². The van der Waals surface area contributed by atoms with Crippen molar-refractivity contribution in [3.8, 4) is 6.07 Å². The minimum atomic E-state index is 0.629. The van der Waals surface area contributed by atoms with Crippen LogP contribution in [0.15, 0.2) is 45.5 Å². The number of hydrogen-bond acceptors (Lipinski definition) is 3. The van der Waals surface area contributed by atoms with E-state index in [4.69, 9.17) is 9.68 Å². The van der Waals surface area contributed by atoms with E-state index in [1.807, 2.05) is 48.3 Å². The van der Waals surface area contributed by atoms with Gasteiger partial charge in [-0.15, -0.1) is 0 Å². The Balaban J connectivity index is 2.20. The maximum atomic E-state index is 9.03. The largest absolute Gasteiger partial charge is 0.452 e. The van der Waals surface area contributed by atoms with Crippen LogP contribution in [0.2, 0.25) is 0 Å². The average Bonchev–Trinajstić information content (AvgIpc) is 2.74. The molecule has 17 heavy (non-hydrogen) atoms. The topological polar surface area (TPSA) is 40.2 Å². The molecule has 0 spiro atoms. The first-order valence-electron chi connectivity index (χ1n) is 5.15. The highest BCUT2D eigenvalue weighted by Crippen LogP contribution is 2.22. The van der Waals surface area contributed by atoms with Crippen LogP contribution in [0, 0.1) is 11.3 Å². The van der Waals surface area contributed by atoms with Crippen LogP contribution in [0.3, 0.4) is 0 Å². The molecule has 0 aliphatic carbocycles. The Bertz CT molecular complexity index is 557. The van der Waals surface area contributed by atoms with Gasteiger partial charge < -0.3 is 9.32 Å². The zero-order valence-corrected chi connectivity index (χ0v) is 10.9. The van der Waals surface area contributed by atoms with E-state index in [1.165, 1.54) is 0 Å². The number of furan rings is 1. The summed E-state index contributed by atoms with van der Waals surface area (Å²) in [5.41, 5.74) is 1.57. The van der Waals surface area contributed by atoms with Gasteiger partial charge in [-0.05, 0) is 40.2 Å².